The zero-order valence-corrected chi connectivity index (χ0v) is 19.5. The first-order valence-corrected chi connectivity index (χ1v) is 12.1. The van der Waals surface area contributed by atoms with Crippen LogP contribution in [0.15, 0.2) is 96.3 Å². The number of furan rings is 1. The lowest BCUT2D eigenvalue weighted by molar-refractivity contribution is 0.582. The maximum Gasteiger partial charge on any atom is 0.139 e. The van der Waals surface area contributed by atoms with Crippen LogP contribution in [0.2, 0.25) is 0 Å². The highest BCUT2D eigenvalue weighted by Crippen LogP contribution is 2.36. The Kier molecular flexibility index (Phi) is 4.87. The van der Waals surface area contributed by atoms with Crippen LogP contribution < -0.4 is 0 Å². The summed E-state index contributed by atoms with van der Waals surface area (Å²) in [4.78, 5) is 19.4. The first-order chi connectivity index (χ1) is 17.8. The largest absolute Gasteiger partial charge is 0.464 e. The second kappa shape index (κ2) is 8.50. The highest BCUT2D eigenvalue weighted by molar-refractivity contribution is 5.74. The Balaban J connectivity index is 0.0000000919. The number of nitrogens with zero attached hydrogens (tertiary/aromatic N) is 3. The fourth-order valence-corrected chi connectivity index (χ4v) is 5.26. The van der Waals surface area contributed by atoms with Crippen molar-refractivity contribution in [1.82, 2.24) is 24.9 Å². The average Bonchev–Trinajstić information content (AvgIpc) is 3.73. The fourth-order valence-electron chi connectivity index (χ4n) is 5.26. The van der Waals surface area contributed by atoms with Gasteiger partial charge in [0.1, 0.15) is 5.76 Å². The van der Waals surface area contributed by atoms with E-state index in [2.05, 4.69) is 55.3 Å². The number of hydrogen-bond donors (Lipinski definition) is 2. The number of aromatic amines is 2. The third-order valence-electron chi connectivity index (χ3n) is 6.95. The van der Waals surface area contributed by atoms with Gasteiger partial charge >= 0.3 is 0 Å². The van der Waals surface area contributed by atoms with Crippen LogP contribution in [0.4, 0.5) is 0 Å². The molecular formula is C30H23N5O. The van der Waals surface area contributed by atoms with Crippen molar-refractivity contribution in [2.75, 3.05) is 0 Å². The van der Waals surface area contributed by atoms with Crippen LogP contribution in [0.3, 0.4) is 0 Å². The molecule has 0 fully saturated rings. The number of fused-ring (bicyclic) bond motifs is 9. The van der Waals surface area contributed by atoms with E-state index >= 15 is 0 Å². The molecule has 0 saturated carbocycles. The maximum atomic E-state index is 5.36. The molecule has 0 aliphatic heterocycles. The van der Waals surface area contributed by atoms with Gasteiger partial charge in [0.2, 0.25) is 0 Å². The molecule has 6 heterocycles. The predicted molar refractivity (Wildman–Crippen MR) is 138 cm³/mol. The minimum atomic E-state index is 0.919. The summed E-state index contributed by atoms with van der Waals surface area (Å²) < 4.78 is 5.36. The van der Waals surface area contributed by atoms with Gasteiger partial charge in [-0.2, -0.15) is 0 Å². The van der Waals surface area contributed by atoms with Crippen LogP contribution >= 0.6 is 0 Å². The van der Waals surface area contributed by atoms with E-state index in [4.69, 9.17) is 4.42 Å². The second-order valence-electron chi connectivity index (χ2n) is 9.05. The minimum Gasteiger partial charge on any atom is -0.464 e. The minimum absolute atomic E-state index is 0.919. The summed E-state index contributed by atoms with van der Waals surface area (Å²) in [5, 5.41) is 0. The number of H-pyrrole nitrogens is 2. The first-order valence-electron chi connectivity index (χ1n) is 12.1. The van der Waals surface area contributed by atoms with Crippen LogP contribution in [0, 0.1) is 0 Å². The topological polar surface area (TPSA) is 83.4 Å². The zero-order valence-electron chi connectivity index (χ0n) is 19.5. The Hall–Kier alpha value is -4.71. The highest BCUT2D eigenvalue weighted by atomic mass is 16.3. The lowest BCUT2D eigenvalue weighted by Gasteiger charge is -1.95. The molecule has 6 heteroatoms. The van der Waals surface area contributed by atoms with E-state index in [9.17, 15) is 0 Å². The monoisotopic (exact) mass is 469 g/mol. The van der Waals surface area contributed by atoms with Gasteiger partial charge in [-0.15, -0.1) is 0 Å². The van der Waals surface area contributed by atoms with E-state index in [1.165, 1.54) is 50.6 Å². The third kappa shape index (κ3) is 3.46. The molecule has 6 aromatic heterocycles. The molecule has 3 aliphatic rings. The smallest absolute Gasteiger partial charge is 0.139 e. The zero-order chi connectivity index (χ0) is 23.9. The molecule has 0 saturated heterocycles. The first kappa shape index (κ1) is 20.6. The van der Waals surface area contributed by atoms with Gasteiger partial charge < -0.3 is 14.4 Å². The summed E-state index contributed by atoms with van der Waals surface area (Å²) in [7, 11) is 0. The molecule has 174 valence electrons. The lowest BCUT2D eigenvalue weighted by atomic mass is 10.2. The summed E-state index contributed by atoms with van der Waals surface area (Å²) in [5.74, 6) is 0.998. The van der Waals surface area contributed by atoms with Crippen LogP contribution in [-0.2, 0) is 19.3 Å². The number of nitrogens with one attached hydrogen (secondary N) is 2. The molecule has 0 atom stereocenters. The lowest BCUT2D eigenvalue weighted by Crippen LogP contribution is -1.85. The van der Waals surface area contributed by atoms with Crippen molar-refractivity contribution >= 4 is 0 Å². The molecule has 0 unspecified atom stereocenters. The van der Waals surface area contributed by atoms with Gasteiger partial charge in [-0.3, -0.25) is 15.0 Å². The number of rotatable bonds is 0. The fraction of sp³-hybridized carbons (Fsp3) is 0.100. The molecule has 9 rings (SSSR count). The van der Waals surface area contributed by atoms with Crippen LogP contribution in [0.1, 0.15) is 33.9 Å². The maximum absolute atomic E-state index is 5.36. The highest BCUT2D eigenvalue weighted by Gasteiger charge is 2.22. The Bertz CT molecular complexity index is 1490. The van der Waals surface area contributed by atoms with Gasteiger partial charge in [0.05, 0.1) is 29.0 Å². The predicted octanol–water partition coefficient (Wildman–Crippen LogP) is 6.21. The Morgan fingerprint density at radius 3 is 2.08 bits per heavy atom. The van der Waals surface area contributed by atoms with E-state index < -0.39 is 0 Å². The van der Waals surface area contributed by atoms with Gasteiger partial charge in [0, 0.05) is 83.8 Å². The molecule has 0 bridgehead atoms. The third-order valence-corrected chi connectivity index (χ3v) is 6.95. The van der Waals surface area contributed by atoms with Gasteiger partial charge in [-0.05, 0) is 54.1 Å². The SMILES string of the molecule is c1cnc2c(c1)-c1[nH]ccc1C2.c1cnc2c(c1)-c1cc[nH]c1C2.c1cnc2c(c1)-c1occc1C2. The number of hydrogen-bond acceptors (Lipinski definition) is 4. The standard InChI is InChI=1S/2C10H8N2.C10H7NO/c1-2-8-9(11-4-1)6-7-3-5-12-10(7)8;1-2-7-8-3-5-12-10(8)6-9(7)11-4-1;1-2-8-9(11-4-1)6-7-3-5-12-10(7)8/h2*1-5,12H,6H2;1-5H,6H2. The van der Waals surface area contributed by atoms with Gasteiger partial charge in [-0.1, -0.05) is 6.07 Å². The van der Waals surface area contributed by atoms with Crippen molar-refractivity contribution < 1.29 is 4.42 Å². The number of pyridine rings is 3. The van der Waals surface area contributed by atoms with Crippen LogP contribution in [0.25, 0.3) is 33.7 Å². The van der Waals surface area contributed by atoms with E-state index in [0.29, 0.717) is 0 Å². The van der Waals surface area contributed by atoms with Crippen molar-refractivity contribution in [3.8, 4) is 33.7 Å². The summed E-state index contributed by atoms with van der Waals surface area (Å²) in [5.41, 5.74) is 13.7. The molecule has 36 heavy (non-hydrogen) atoms. The van der Waals surface area contributed by atoms with Crippen molar-refractivity contribution in [2.45, 2.75) is 19.3 Å². The van der Waals surface area contributed by atoms with Crippen molar-refractivity contribution in [1.29, 1.82) is 0 Å². The molecule has 0 amide bonds. The van der Waals surface area contributed by atoms with Crippen molar-refractivity contribution in [3.05, 3.63) is 126 Å². The van der Waals surface area contributed by atoms with Gasteiger partial charge in [-0.25, -0.2) is 0 Å². The summed E-state index contributed by atoms with van der Waals surface area (Å²) in [6.07, 6.45) is 14.1. The summed E-state index contributed by atoms with van der Waals surface area (Å²) in [6.45, 7) is 0. The number of aromatic nitrogens is 5. The molecule has 6 aromatic rings. The van der Waals surface area contributed by atoms with Crippen molar-refractivity contribution in [2.24, 2.45) is 0 Å². The summed E-state index contributed by atoms with van der Waals surface area (Å²) in [6, 6.07) is 18.5. The summed E-state index contributed by atoms with van der Waals surface area (Å²) >= 11 is 0. The molecule has 0 radical (unpaired) electrons. The van der Waals surface area contributed by atoms with Crippen LogP contribution in [0.5, 0.6) is 0 Å². The normalized spacial score (nSPS) is 12.7. The van der Waals surface area contributed by atoms with Crippen LogP contribution in [-0.4, -0.2) is 24.9 Å². The average molecular weight is 470 g/mol. The molecular weight excluding hydrogens is 446 g/mol. The molecule has 6 nitrogen and oxygen atoms in total. The van der Waals surface area contributed by atoms with E-state index in [1.807, 2.05) is 55.2 Å². The Morgan fingerprint density at radius 1 is 0.583 bits per heavy atom. The Labute approximate surface area is 208 Å². The molecule has 0 spiro atoms. The van der Waals surface area contributed by atoms with Gasteiger partial charge in [0.15, 0.2) is 0 Å². The van der Waals surface area contributed by atoms with Gasteiger partial charge in [0.25, 0.3) is 0 Å². The molecule has 0 aromatic carbocycles. The van der Waals surface area contributed by atoms with Crippen molar-refractivity contribution in [3.63, 3.8) is 0 Å². The quantitative estimate of drug-likeness (QED) is 0.277. The van der Waals surface area contributed by atoms with E-state index in [1.54, 1.807) is 6.26 Å². The molecule has 3 aliphatic carbocycles. The second-order valence-corrected chi connectivity index (χ2v) is 9.05. The Morgan fingerprint density at radius 2 is 1.25 bits per heavy atom. The van der Waals surface area contributed by atoms with E-state index in [-0.39, 0.29) is 0 Å². The van der Waals surface area contributed by atoms with E-state index in [0.717, 1.165) is 36.3 Å². The molecule has 2 N–H and O–H groups in total.